The van der Waals surface area contributed by atoms with Gasteiger partial charge in [0.25, 0.3) is 11.8 Å². The van der Waals surface area contributed by atoms with Crippen molar-refractivity contribution >= 4 is 29.4 Å². The second kappa shape index (κ2) is 6.40. The first-order chi connectivity index (χ1) is 11.5. The van der Waals surface area contributed by atoms with E-state index in [-0.39, 0.29) is 16.3 Å². The molecule has 2 N–H and O–H groups in total. The van der Waals surface area contributed by atoms with Crippen LogP contribution in [0.1, 0.15) is 17.3 Å². The molecule has 1 aliphatic rings. The molecular weight excluding hydrogens is 365 g/mol. The van der Waals surface area contributed by atoms with Crippen LogP contribution in [0, 0.1) is 0 Å². The first-order valence-corrected chi connectivity index (χ1v) is 7.18. The van der Waals surface area contributed by atoms with E-state index in [0.717, 1.165) is 14.0 Å². The molecule has 0 aromatic heterocycles. The number of hydrogen-bond acceptors (Lipinski definition) is 4. The van der Waals surface area contributed by atoms with Gasteiger partial charge in [-0.2, -0.15) is 13.2 Å². The van der Waals surface area contributed by atoms with Crippen molar-refractivity contribution < 1.29 is 32.3 Å². The fourth-order valence-electron chi connectivity index (χ4n) is 2.43. The molecule has 10 heteroatoms. The molecule has 2 amide bonds. The summed E-state index contributed by atoms with van der Waals surface area (Å²) in [6.07, 6.45) is -5.29. The van der Waals surface area contributed by atoms with Gasteiger partial charge in [-0.05, 0) is 31.2 Å². The summed E-state index contributed by atoms with van der Waals surface area (Å²) in [4.78, 5) is 36.2. The number of hydrogen-bond donors (Lipinski definition) is 2. The molecule has 1 atom stereocenters. The highest BCUT2D eigenvalue weighted by atomic mass is 35.5. The predicted octanol–water partition coefficient (Wildman–Crippen LogP) is 1.95. The van der Waals surface area contributed by atoms with Gasteiger partial charge in [-0.25, -0.2) is 4.79 Å². The molecule has 0 unspecified atom stereocenters. The molecule has 134 valence electrons. The Kier molecular flexibility index (Phi) is 4.81. The standard InChI is InChI=1S/C15H12ClF3N2O4/c1-7-10(12(23)25-2)14(13(24)20-7,15(17,18)19)21-11(22)8-3-5-9(16)6-4-8/h3-6H,1-2H3,(H,20,24)(H,21,22)/t14-/m1/s1. The summed E-state index contributed by atoms with van der Waals surface area (Å²) in [6, 6.07) is 4.97. The van der Waals surface area contributed by atoms with Gasteiger partial charge in [-0.15, -0.1) is 0 Å². The molecule has 0 saturated carbocycles. The van der Waals surface area contributed by atoms with Crippen molar-refractivity contribution in [3.8, 4) is 0 Å². The van der Waals surface area contributed by atoms with Crippen molar-refractivity contribution in [2.45, 2.75) is 18.6 Å². The second-order valence-corrected chi connectivity index (χ2v) is 5.59. The Morgan fingerprint density at radius 1 is 1.24 bits per heavy atom. The number of alkyl halides is 3. The summed E-state index contributed by atoms with van der Waals surface area (Å²) in [6.45, 7) is 1.10. The Balaban J connectivity index is 2.55. The molecule has 0 bridgehead atoms. The molecule has 0 spiro atoms. The van der Waals surface area contributed by atoms with Crippen LogP contribution in [0.5, 0.6) is 0 Å². The number of rotatable bonds is 3. The maximum absolute atomic E-state index is 13.8. The van der Waals surface area contributed by atoms with Crippen LogP contribution in [0.3, 0.4) is 0 Å². The number of nitrogens with one attached hydrogen (secondary N) is 2. The smallest absolute Gasteiger partial charge is 0.425 e. The lowest BCUT2D eigenvalue weighted by Crippen LogP contribution is -2.66. The molecule has 1 aliphatic heterocycles. The van der Waals surface area contributed by atoms with E-state index >= 15 is 0 Å². The zero-order valence-electron chi connectivity index (χ0n) is 13.0. The minimum atomic E-state index is -5.29. The predicted molar refractivity (Wildman–Crippen MR) is 80.6 cm³/mol. The SMILES string of the molecule is COC(=O)C1=C(C)NC(=O)[C@@]1(NC(=O)c1ccc(Cl)cc1)C(F)(F)F. The number of allylic oxidation sites excluding steroid dienone is 1. The Morgan fingerprint density at radius 3 is 2.28 bits per heavy atom. The van der Waals surface area contributed by atoms with Gasteiger partial charge in [0, 0.05) is 16.3 Å². The van der Waals surface area contributed by atoms with E-state index in [4.69, 9.17) is 11.6 Å². The fourth-order valence-corrected chi connectivity index (χ4v) is 2.56. The van der Waals surface area contributed by atoms with E-state index in [9.17, 15) is 27.6 Å². The maximum atomic E-state index is 13.8. The Bertz CT molecular complexity index is 774. The van der Waals surface area contributed by atoms with Gasteiger partial charge in [-0.3, -0.25) is 9.59 Å². The molecule has 0 saturated heterocycles. The van der Waals surface area contributed by atoms with Crippen molar-refractivity contribution in [2.75, 3.05) is 7.11 Å². The molecule has 0 fully saturated rings. The summed E-state index contributed by atoms with van der Waals surface area (Å²) in [5.74, 6) is -4.19. The van der Waals surface area contributed by atoms with Crippen molar-refractivity contribution in [1.82, 2.24) is 10.6 Å². The highest BCUT2D eigenvalue weighted by Crippen LogP contribution is 2.41. The quantitative estimate of drug-likeness (QED) is 0.790. The lowest BCUT2D eigenvalue weighted by molar-refractivity contribution is -0.188. The minimum absolute atomic E-state index is 0.172. The largest absolute Gasteiger partial charge is 0.466 e. The van der Waals surface area contributed by atoms with E-state index in [1.54, 1.807) is 5.32 Å². The van der Waals surface area contributed by atoms with Gasteiger partial charge >= 0.3 is 12.1 Å². The van der Waals surface area contributed by atoms with Crippen LogP contribution in [-0.2, 0) is 14.3 Å². The molecule has 1 heterocycles. The number of carbonyl (C=O) groups excluding carboxylic acids is 3. The zero-order chi connectivity index (χ0) is 19.0. The average molecular weight is 377 g/mol. The van der Waals surface area contributed by atoms with Crippen LogP contribution < -0.4 is 10.6 Å². The molecular formula is C15H12ClF3N2O4. The van der Waals surface area contributed by atoms with E-state index in [1.165, 1.54) is 24.3 Å². The van der Waals surface area contributed by atoms with E-state index in [2.05, 4.69) is 4.74 Å². The van der Waals surface area contributed by atoms with Gasteiger partial charge in [-0.1, -0.05) is 11.6 Å². The number of esters is 1. The highest BCUT2D eigenvalue weighted by Gasteiger charge is 2.69. The average Bonchev–Trinajstić information content (AvgIpc) is 2.78. The summed E-state index contributed by atoms with van der Waals surface area (Å²) in [5, 5.41) is 3.84. The molecule has 25 heavy (non-hydrogen) atoms. The molecule has 1 aromatic rings. The number of ether oxygens (including phenoxy) is 1. The summed E-state index contributed by atoms with van der Waals surface area (Å²) in [7, 11) is 0.869. The van der Waals surface area contributed by atoms with E-state index in [1.807, 2.05) is 5.32 Å². The summed E-state index contributed by atoms with van der Waals surface area (Å²) < 4.78 is 45.7. The molecule has 0 radical (unpaired) electrons. The molecule has 2 rings (SSSR count). The van der Waals surface area contributed by atoms with Gasteiger partial charge < -0.3 is 15.4 Å². The van der Waals surface area contributed by atoms with Gasteiger partial charge in [0.15, 0.2) is 0 Å². The van der Waals surface area contributed by atoms with Crippen LogP contribution >= 0.6 is 11.6 Å². The third kappa shape index (κ3) is 3.07. The monoisotopic (exact) mass is 376 g/mol. The Morgan fingerprint density at radius 2 is 1.80 bits per heavy atom. The number of carbonyl (C=O) groups is 3. The maximum Gasteiger partial charge on any atom is 0.425 e. The molecule has 1 aromatic carbocycles. The van der Waals surface area contributed by atoms with Crippen molar-refractivity contribution in [1.29, 1.82) is 0 Å². The van der Waals surface area contributed by atoms with Crippen LogP contribution in [0.25, 0.3) is 0 Å². The van der Waals surface area contributed by atoms with E-state index < -0.39 is 35.1 Å². The lowest BCUT2D eigenvalue weighted by Gasteiger charge is -2.31. The highest BCUT2D eigenvalue weighted by molar-refractivity contribution is 6.30. The van der Waals surface area contributed by atoms with Gasteiger partial charge in [0.05, 0.1) is 7.11 Å². The van der Waals surface area contributed by atoms with Gasteiger partial charge in [0.2, 0.25) is 5.54 Å². The van der Waals surface area contributed by atoms with Crippen LogP contribution in [0.15, 0.2) is 35.5 Å². The number of halogens is 4. The normalized spacial score (nSPS) is 20.3. The number of amides is 2. The topological polar surface area (TPSA) is 84.5 Å². The summed E-state index contributed by atoms with van der Waals surface area (Å²) >= 11 is 5.67. The number of benzene rings is 1. The van der Waals surface area contributed by atoms with Crippen LogP contribution in [0.2, 0.25) is 5.02 Å². The zero-order valence-corrected chi connectivity index (χ0v) is 13.7. The lowest BCUT2D eigenvalue weighted by atomic mass is 9.89. The molecule has 0 aliphatic carbocycles. The fraction of sp³-hybridized carbons (Fsp3) is 0.267. The Labute approximate surface area is 145 Å². The number of methoxy groups -OCH3 is 1. The third-order valence-electron chi connectivity index (χ3n) is 3.61. The minimum Gasteiger partial charge on any atom is -0.466 e. The summed E-state index contributed by atoms with van der Waals surface area (Å²) in [5.41, 5.74) is -5.10. The Hall–Kier alpha value is -2.55. The third-order valence-corrected chi connectivity index (χ3v) is 3.87. The van der Waals surface area contributed by atoms with Gasteiger partial charge in [0.1, 0.15) is 5.57 Å². The van der Waals surface area contributed by atoms with Crippen molar-refractivity contribution in [3.63, 3.8) is 0 Å². The van der Waals surface area contributed by atoms with Crippen LogP contribution in [0.4, 0.5) is 13.2 Å². The van der Waals surface area contributed by atoms with Crippen molar-refractivity contribution in [3.05, 3.63) is 46.1 Å². The molecule has 6 nitrogen and oxygen atoms in total. The second-order valence-electron chi connectivity index (χ2n) is 5.15. The van der Waals surface area contributed by atoms with Crippen molar-refractivity contribution in [2.24, 2.45) is 0 Å². The van der Waals surface area contributed by atoms with E-state index in [0.29, 0.717) is 0 Å². The van der Waals surface area contributed by atoms with Crippen LogP contribution in [-0.4, -0.2) is 36.6 Å². The first kappa shape index (κ1) is 18.8. The first-order valence-electron chi connectivity index (χ1n) is 6.80.